The van der Waals surface area contributed by atoms with Crippen LogP contribution < -0.4 is 5.73 Å². The van der Waals surface area contributed by atoms with Gasteiger partial charge in [-0.25, -0.2) is 0 Å². The largest absolute Gasteiger partial charge is 0.511 e. The van der Waals surface area contributed by atoms with Crippen molar-refractivity contribution < 1.29 is 42.9 Å². The van der Waals surface area contributed by atoms with Crippen molar-refractivity contribution in [3.8, 4) is 11.5 Å². The number of phenols is 2. The van der Waals surface area contributed by atoms with E-state index in [0.29, 0.717) is 0 Å². The van der Waals surface area contributed by atoms with Gasteiger partial charge < -0.3 is 21.1 Å². The van der Waals surface area contributed by atoms with Gasteiger partial charge in [0, 0.05) is 6.42 Å². The first-order valence-electron chi connectivity index (χ1n) is 9.72. The van der Waals surface area contributed by atoms with Gasteiger partial charge in [0.05, 0.1) is 22.8 Å². The lowest BCUT2D eigenvalue weighted by atomic mass is 9.67. The lowest BCUT2D eigenvalue weighted by molar-refractivity contribution is -0.146. The summed E-state index contributed by atoms with van der Waals surface area (Å²) < 4.78 is 40.2. The van der Waals surface area contributed by atoms with Crippen molar-refractivity contribution in [3.05, 3.63) is 46.2 Å². The van der Waals surface area contributed by atoms with E-state index in [0.717, 1.165) is 19.1 Å². The van der Waals surface area contributed by atoms with Crippen LogP contribution in [0.5, 0.6) is 11.5 Å². The number of allylic oxidation sites excluding steroid dienone is 1. The van der Waals surface area contributed by atoms with Gasteiger partial charge in [0.1, 0.15) is 22.8 Å². The first-order chi connectivity index (χ1) is 14.8. The summed E-state index contributed by atoms with van der Waals surface area (Å²) in [7, 11) is 0. The highest BCUT2D eigenvalue weighted by Gasteiger charge is 2.47. The first kappa shape index (κ1) is 21.7. The molecular weight excluding hydrogens is 431 g/mol. The average molecular weight is 449 g/mol. The second-order valence-corrected chi connectivity index (χ2v) is 8.18. The zero-order valence-electron chi connectivity index (χ0n) is 16.7. The first-order valence-corrected chi connectivity index (χ1v) is 9.72. The molecule has 2 aliphatic carbocycles. The van der Waals surface area contributed by atoms with E-state index in [4.69, 9.17) is 5.73 Å². The van der Waals surface area contributed by atoms with Crippen molar-refractivity contribution in [3.63, 3.8) is 0 Å². The molecule has 7 nitrogen and oxygen atoms in total. The minimum Gasteiger partial charge on any atom is -0.511 e. The van der Waals surface area contributed by atoms with Crippen molar-refractivity contribution in [1.82, 2.24) is 0 Å². The summed E-state index contributed by atoms with van der Waals surface area (Å²) in [6, 6.07) is 3.40. The summed E-state index contributed by atoms with van der Waals surface area (Å²) in [6.45, 7) is 0.942. The molecule has 0 radical (unpaired) electrons. The van der Waals surface area contributed by atoms with Gasteiger partial charge in [-0.2, -0.15) is 13.2 Å². The minimum atomic E-state index is -4.59. The fraction of sp³-hybridized carbons (Fsp3) is 0.318. The van der Waals surface area contributed by atoms with Crippen molar-refractivity contribution in [2.24, 2.45) is 17.6 Å². The van der Waals surface area contributed by atoms with E-state index in [1.807, 2.05) is 0 Å². The van der Waals surface area contributed by atoms with E-state index < -0.39 is 64.2 Å². The maximum atomic E-state index is 13.4. The van der Waals surface area contributed by atoms with Crippen LogP contribution in [0.3, 0.4) is 0 Å². The van der Waals surface area contributed by atoms with Gasteiger partial charge in [0.25, 0.3) is 5.91 Å². The predicted octanol–water partition coefficient (Wildman–Crippen LogP) is 3.16. The average Bonchev–Trinajstić information content (AvgIpc) is 2.65. The number of aliphatic hydroxyl groups is 1. The molecule has 0 saturated carbocycles. The molecule has 0 bridgehead atoms. The number of primary amides is 1. The highest BCUT2D eigenvalue weighted by atomic mass is 19.4. The predicted molar refractivity (Wildman–Crippen MR) is 105 cm³/mol. The Morgan fingerprint density at radius 2 is 1.81 bits per heavy atom. The number of nitrogens with two attached hydrogens (primary N) is 1. The Hall–Kier alpha value is -3.56. The normalized spacial score (nSPS) is 22.0. The maximum Gasteiger partial charge on any atom is 0.395 e. The van der Waals surface area contributed by atoms with E-state index in [1.165, 1.54) is 6.07 Å². The number of hydrogen-bond acceptors (Lipinski definition) is 6. The number of fused-ring (bicyclic) bond motifs is 3. The third-order valence-electron chi connectivity index (χ3n) is 6.33. The Morgan fingerprint density at radius 1 is 1.16 bits per heavy atom. The molecule has 1 amide bonds. The number of ketones is 2. The van der Waals surface area contributed by atoms with Gasteiger partial charge in [0.15, 0.2) is 11.6 Å². The van der Waals surface area contributed by atoms with Gasteiger partial charge >= 0.3 is 6.18 Å². The zero-order chi connectivity index (χ0) is 23.7. The molecule has 3 unspecified atom stereocenters. The number of amides is 1. The molecule has 10 heteroatoms. The zero-order valence-corrected chi connectivity index (χ0v) is 16.7. The van der Waals surface area contributed by atoms with Gasteiger partial charge in [0.2, 0.25) is 0 Å². The standard InChI is InChI=1S/C22H18F3NO6/c1-7(22(23,24)25)10-2-3-12(27)16-11(10)5-8-4-9-6-13(28)17(21(26)32)20(31)15(9)18(29)14(8)19(16)30/h2-3,5,7,9,15,27,30-31H,4,6H2,1H3,(H2,26,32). The quantitative estimate of drug-likeness (QED) is 0.520. The molecule has 3 atom stereocenters. The molecule has 0 fully saturated rings. The Kier molecular flexibility index (Phi) is 4.72. The SMILES string of the molecule is CC(c1ccc(O)c2c(O)c3c(cc12)CC1CC(=O)C(C(N)=O)=C(O)C1C3=O)C(F)(F)F. The summed E-state index contributed by atoms with van der Waals surface area (Å²) in [5, 5.41) is 31.2. The molecular formula is C22H18F3NO6. The number of Topliss-reactive ketones (excluding diaryl/α,β-unsaturated/α-hetero) is 2. The van der Waals surface area contributed by atoms with E-state index >= 15 is 0 Å². The molecule has 2 aliphatic rings. The molecule has 168 valence electrons. The smallest absolute Gasteiger partial charge is 0.395 e. The Balaban J connectivity index is 1.97. The van der Waals surface area contributed by atoms with Crippen LogP contribution in [0.2, 0.25) is 0 Å². The van der Waals surface area contributed by atoms with Crippen LogP contribution >= 0.6 is 0 Å². The molecule has 0 aliphatic heterocycles. The second-order valence-electron chi connectivity index (χ2n) is 8.18. The van der Waals surface area contributed by atoms with E-state index in [2.05, 4.69) is 0 Å². The molecule has 2 aromatic carbocycles. The topological polar surface area (TPSA) is 138 Å². The van der Waals surface area contributed by atoms with Crippen LogP contribution in [0.4, 0.5) is 13.2 Å². The highest BCUT2D eigenvalue weighted by Crippen LogP contribution is 2.49. The van der Waals surface area contributed by atoms with E-state index in [-0.39, 0.29) is 40.3 Å². The lowest BCUT2D eigenvalue weighted by Gasteiger charge is -2.35. The molecule has 0 spiro atoms. The Morgan fingerprint density at radius 3 is 2.41 bits per heavy atom. The molecule has 5 N–H and O–H groups in total. The number of halogens is 3. The maximum absolute atomic E-state index is 13.4. The number of alkyl halides is 3. The molecule has 0 saturated heterocycles. The number of aromatic hydroxyl groups is 2. The van der Waals surface area contributed by atoms with E-state index in [9.17, 15) is 42.9 Å². The number of benzene rings is 2. The van der Waals surface area contributed by atoms with Crippen LogP contribution in [0.15, 0.2) is 29.5 Å². The molecule has 0 aromatic heterocycles. The summed E-state index contributed by atoms with van der Waals surface area (Å²) in [6.07, 6.45) is -4.89. The number of aliphatic hydroxyl groups excluding tert-OH is 1. The third-order valence-corrected chi connectivity index (χ3v) is 6.33. The fourth-order valence-electron chi connectivity index (χ4n) is 4.75. The summed E-state index contributed by atoms with van der Waals surface area (Å²) in [4.78, 5) is 37.0. The van der Waals surface area contributed by atoms with Crippen LogP contribution in [-0.4, -0.2) is 39.0 Å². The van der Waals surface area contributed by atoms with E-state index in [1.54, 1.807) is 0 Å². The Bertz CT molecular complexity index is 1250. The highest BCUT2D eigenvalue weighted by molar-refractivity contribution is 6.21. The van der Waals surface area contributed by atoms with Crippen LogP contribution in [0, 0.1) is 11.8 Å². The summed E-state index contributed by atoms with van der Waals surface area (Å²) in [5.74, 6) is -8.75. The Labute approximate surface area is 178 Å². The molecule has 32 heavy (non-hydrogen) atoms. The second kappa shape index (κ2) is 6.98. The minimum absolute atomic E-state index is 0.0213. The van der Waals surface area contributed by atoms with Gasteiger partial charge in [-0.05, 0) is 47.9 Å². The fourth-order valence-corrected chi connectivity index (χ4v) is 4.75. The number of phenolic OH excluding ortho intramolecular Hbond substituents is 2. The van der Waals surface area contributed by atoms with Crippen molar-refractivity contribution in [2.45, 2.75) is 31.9 Å². The van der Waals surface area contributed by atoms with Crippen LogP contribution in [0.1, 0.15) is 40.7 Å². The number of carbonyl (C=O) groups is 3. The number of carbonyl (C=O) groups excluding carboxylic acids is 3. The molecule has 4 rings (SSSR count). The molecule has 2 aromatic rings. The third kappa shape index (κ3) is 3.01. The van der Waals surface area contributed by atoms with Crippen molar-refractivity contribution in [2.75, 3.05) is 0 Å². The number of hydrogen-bond donors (Lipinski definition) is 4. The van der Waals surface area contributed by atoms with Crippen molar-refractivity contribution in [1.29, 1.82) is 0 Å². The van der Waals surface area contributed by atoms with Crippen LogP contribution in [0.25, 0.3) is 10.8 Å². The molecule has 0 heterocycles. The summed E-state index contributed by atoms with van der Waals surface area (Å²) >= 11 is 0. The monoisotopic (exact) mass is 449 g/mol. The van der Waals surface area contributed by atoms with Gasteiger partial charge in [-0.3, -0.25) is 14.4 Å². The van der Waals surface area contributed by atoms with Crippen molar-refractivity contribution >= 4 is 28.2 Å². The number of rotatable bonds is 2. The summed E-state index contributed by atoms with van der Waals surface area (Å²) in [5.41, 5.74) is 4.18. The van der Waals surface area contributed by atoms with Gasteiger partial charge in [-0.15, -0.1) is 0 Å². The van der Waals surface area contributed by atoms with Gasteiger partial charge in [-0.1, -0.05) is 6.07 Å². The van der Waals surface area contributed by atoms with Crippen LogP contribution in [-0.2, 0) is 16.0 Å². The lowest BCUT2D eigenvalue weighted by Crippen LogP contribution is -2.41.